The molecule has 0 aliphatic heterocycles. The summed E-state index contributed by atoms with van der Waals surface area (Å²) in [7, 11) is 0. The van der Waals surface area contributed by atoms with Gasteiger partial charge in [0.05, 0.1) is 27.6 Å². The maximum absolute atomic E-state index is 6.94. The summed E-state index contributed by atoms with van der Waals surface area (Å²) < 4.78 is 9.12. The Balaban J connectivity index is 1.32. The van der Waals surface area contributed by atoms with Crippen molar-refractivity contribution in [1.82, 2.24) is 14.5 Å². The molecule has 46 heavy (non-hydrogen) atoms. The van der Waals surface area contributed by atoms with Crippen LogP contribution >= 0.6 is 0 Å². The van der Waals surface area contributed by atoms with Crippen molar-refractivity contribution < 1.29 is 4.42 Å². The van der Waals surface area contributed by atoms with Crippen LogP contribution in [0.4, 0.5) is 0 Å². The Morgan fingerprint density at radius 3 is 1.87 bits per heavy atom. The van der Waals surface area contributed by atoms with Crippen molar-refractivity contribution in [3.8, 4) is 28.3 Å². The van der Waals surface area contributed by atoms with Crippen LogP contribution in [0.2, 0.25) is 0 Å². The van der Waals surface area contributed by atoms with E-state index in [1.54, 1.807) is 0 Å². The maximum atomic E-state index is 6.94. The maximum Gasteiger partial charge on any atom is 0.235 e. The summed E-state index contributed by atoms with van der Waals surface area (Å²) in [5.41, 5.74) is 9.10. The molecule has 0 N–H and O–H groups in total. The summed E-state index contributed by atoms with van der Waals surface area (Å²) in [6, 6.07) is 52.9. The molecule has 0 aliphatic rings. The Hall–Kier alpha value is -6.26. The smallest absolute Gasteiger partial charge is 0.235 e. The molecule has 3 heterocycles. The molecule has 0 bridgehead atoms. The summed E-state index contributed by atoms with van der Waals surface area (Å²) in [5.74, 6) is 0.635. The highest BCUT2D eigenvalue weighted by molar-refractivity contribution is 6.27. The monoisotopic (exact) mass is 587 g/mol. The van der Waals surface area contributed by atoms with Crippen molar-refractivity contribution in [3.63, 3.8) is 0 Å². The van der Waals surface area contributed by atoms with Crippen LogP contribution < -0.4 is 0 Å². The van der Waals surface area contributed by atoms with Crippen LogP contribution in [0.5, 0.6) is 0 Å². The molecule has 0 atom stereocenters. The lowest BCUT2D eigenvalue weighted by Crippen LogP contribution is -2.03. The second-order valence-corrected chi connectivity index (χ2v) is 11.8. The van der Waals surface area contributed by atoms with Crippen LogP contribution in [0.3, 0.4) is 0 Å². The van der Waals surface area contributed by atoms with E-state index in [0.29, 0.717) is 5.95 Å². The van der Waals surface area contributed by atoms with Crippen LogP contribution in [-0.4, -0.2) is 14.5 Å². The average molecular weight is 588 g/mol. The predicted octanol–water partition coefficient (Wildman–Crippen LogP) is 11.1. The molecule has 0 amide bonds. The standard InChI is InChI=1S/C42H25N3O/c1-3-13-26(14-4-1)33-25-34-30-23-24-37-38(41(30)46-40(34)29-18-8-7-17-28(29)33)32-20-10-12-22-36(32)45(37)42-43-35-21-11-9-19-31(35)39(44-42)27-15-5-2-6-16-27/h1-25H. The second-order valence-electron chi connectivity index (χ2n) is 11.8. The zero-order chi connectivity index (χ0) is 30.2. The van der Waals surface area contributed by atoms with E-state index >= 15 is 0 Å². The molecule has 10 rings (SSSR count). The first kappa shape index (κ1) is 25.1. The number of para-hydroxylation sites is 2. The number of aromatic nitrogens is 3. The van der Waals surface area contributed by atoms with Gasteiger partial charge in [-0.3, -0.25) is 4.57 Å². The van der Waals surface area contributed by atoms with Crippen molar-refractivity contribution in [2.45, 2.75) is 0 Å². The molecule has 0 aliphatic carbocycles. The van der Waals surface area contributed by atoms with E-state index in [-0.39, 0.29) is 0 Å². The highest BCUT2D eigenvalue weighted by Gasteiger charge is 2.22. The lowest BCUT2D eigenvalue weighted by atomic mass is 9.95. The fourth-order valence-electron chi connectivity index (χ4n) is 7.16. The Kier molecular flexibility index (Phi) is 5.25. The third-order valence-electron chi connectivity index (χ3n) is 9.20. The minimum absolute atomic E-state index is 0.635. The van der Waals surface area contributed by atoms with E-state index in [4.69, 9.17) is 14.4 Å². The molecule has 0 saturated carbocycles. The number of benzene rings is 7. The van der Waals surface area contributed by atoms with Gasteiger partial charge in [-0.05, 0) is 46.8 Å². The molecule has 7 aromatic carbocycles. The first-order valence-electron chi connectivity index (χ1n) is 15.5. The summed E-state index contributed by atoms with van der Waals surface area (Å²) in [6.45, 7) is 0. The van der Waals surface area contributed by atoms with Crippen LogP contribution in [0.15, 0.2) is 156 Å². The number of furan rings is 1. The van der Waals surface area contributed by atoms with Gasteiger partial charge in [0.15, 0.2) is 0 Å². The molecule has 3 aromatic heterocycles. The van der Waals surface area contributed by atoms with E-state index < -0.39 is 0 Å². The Bertz CT molecular complexity index is 2790. The first-order valence-corrected chi connectivity index (χ1v) is 15.5. The van der Waals surface area contributed by atoms with Crippen LogP contribution in [0.25, 0.3) is 93.8 Å². The fraction of sp³-hybridized carbons (Fsp3) is 0. The number of nitrogens with zero attached hydrogens (tertiary/aromatic N) is 3. The topological polar surface area (TPSA) is 43.9 Å². The summed E-state index contributed by atoms with van der Waals surface area (Å²) >= 11 is 0. The van der Waals surface area contributed by atoms with E-state index in [9.17, 15) is 0 Å². The lowest BCUT2D eigenvalue weighted by Gasteiger charge is -2.11. The normalized spacial score (nSPS) is 11.9. The van der Waals surface area contributed by atoms with Crippen molar-refractivity contribution >= 4 is 65.4 Å². The van der Waals surface area contributed by atoms with Crippen molar-refractivity contribution in [2.75, 3.05) is 0 Å². The van der Waals surface area contributed by atoms with Gasteiger partial charge in [-0.1, -0.05) is 121 Å². The molecule has 0 saturated heterocycles. The van der Waals surface area contributed by atoms with Gasteiger partial charge in [0.1, 0.15) is 11.2 Å². The molecule has 214 valence electrons. The molecule has 4 heteroatoms. The largest absolute Gasteiger partial charge is 0.455 e. The van der Waals surface area contributed by atoms with Gasteiger partial charge in [-0.15, -0.1) is 0 Å². The van der Waals surface area contributed by atoms with Gasteiger partial charge in [0.2, 0.25) is 5.95 Å². The molecule has 0 radical (unpaired) electrons. The fourth-order valence-corrected chi connectivity index (χ4v) is 7.16. The van der Waals surface area contributed by atoms with E-state index in [1.165, 1.54) is 16.5 Å². The quantitative estimate of drug-likeness (QED) is 0.207. The van der Waals surface area contributed by atoms with Crippen LogP contribution in [0, 0.1) is 0 Å². The molecule has 0 fully saturated rings. The summed E-state index contributed by atoms with van der Waals surface area (Å²) in [6.07, 6.45) is 0. The van der Waals surface area contributed by atoms with Crippen molar-refractivity contribution in [1.29, 1.82) is 0 Å². The predicted molar refractivity (Wildman–Crippen MR) is 190 cm³/mol. The number of hydrogen-bond acceptors (Lipinski definition) is 3. The van der Waals surface area contributed by atoms with Gasteiger partial charge < -0.3 is 4.42 Å². The number of fused-ring (bicyclic) bond motifs is 10. The van der Waals surface area contributed by atoms with E-state index in [1.807, 2.05) is 18.2 Å². The van der Waals surface area contributed by atoms with Crippen molar-refractivity contribution in [2.24, 2.45) is 0 Å². The highest BCUT2D eigenvalue weighted by Crippen LogP contribution is 2.44. The molecular formula is C42H25N3O. The number of hydrogen-bond donors (Lipinski definition) is 0. The number of rotatable bonds is 3. The van der Waals surface area contributed by atoms with Crippen LogP contribution in [0.1, 0.15) is 0 Å². The van der Waals surface area contributed by atoms with E-state index in [2.05, 4.69) is 138 Å². The molecule has 10 aromatic rings. The first-order chi connectivity index (χ1) is 22.8. The average Bonchev–Trinajstić information content (AvgIpc) is 3.67. The third-order valence-corrected chi connectivity index (χ3v) is 9.20. The SMILES string of the molecule is c1ccc(-c2nc(-n3c4ccccc4c4c5oc6c7ccccc7c(-c7ccccc7)cc6c5ccc43)nc3ccccc23)cc1. The minimum atomic E-state index is 0.635. The Morgan fingerprint density at radius 2 is 1.07 bits per heavy atom. The third kappa shape index (κ3) is 3.55. The Labute approximate surface area is 263 Å². The van der Waals surface area contributed by atoms with Gasteiger partial charge >= 0.3 is 0 Å². The lowest BCUT2D eigenvalue weighted by molar-refractivity contribution is 0.676. The molecule has 0 unspecified atom stereocenters. The molecular weight excluding hydrogens is 562 g/mol. The van der Waals surface area contributed by atoms with E-state index in [0.717, 1.165) is 71.3 Å². The zero-order valence-electron chi connectivity index (χ0n) is 24.7. The van der Waals surface area contributed by atoms with Gasteiger partial charge in [0, 0.05) is 32.5 Å². The zero-order valence-corrected chi connectivity index (χ0v) is 24.7. The van der Waals surface area contributed by atoms with Crippen LogP contribution in [-0.2, 0) is 0 Å². The van der Waals surface area contributed by atoms with Gasteiger partial charge in [0.25, 0.3) is 0 Å². The van der Waals surface area contributed by atoms with Gasteiger partial charge in [-0.2, -0.15) is 0 Å². The molecule has 0 spiro atoms. The highest BCUT2D eigenvalue weighted by atomic mass is 16.3. The Morgan fingerprint density at radius 1 is 0.435 bits per heavy atom. The summed E-state index contributed by atoms with van der Waals surface area (Å²) in [4.78, 5) is 10.4. The molecule has 4 nitrogen and oxygen atoms in total. The summed E-state index contributed by atoms with van der Waals surface area (Å²) in [5, 5.41) is 7.69. The minimum Gasteiger partial charge on any atom is -0.455 e. The van der Waals surface area contributed by atoms with Crippen molar-refractivity contribution in [3.05, 3.63) is 152 Å². The van der Waals surface area contributed by atoms with Gasteiger partial charge in [-0.25, -0.2) is 9.97 Å². The second kappa shape index (κ2) is 9.62.